The van der Waals surface area contributed by atoms with Crippen molar-refractivity contribution in [3.05, 3.63) is 86.4 Å². The SMILES string of the molecule is CC1(C)CC(=O)C2=C(C1)OC(N)=C(C#N)[C@@H]2c1ccccc1OCc1ccc(Cl)cc1Cl. The van der Waals surface area contributed by atoms with Gasteiger partial charge >= 0.3 is 0 Å². The predicted octanol–water partition coefficient (Wildman–Crippen LogP) is 6.02. The second-order valence-electron chi connectivity index (χ2n) is 8.76. The molecule has 0 saturated carbocycles. The third-order valence-electron chi connectivity index (χ3n) is 5.70. The van der Waals surface area contributed by atoms with Crippen molar-refractivity contribution in [3.63, 3.8) is 0 Å². The summed E-state index contributed by atoms with van der Waals surface area (Å²) in [5.41, 5.74) is 8.02. The first-order valence-corrected chi connectivity index (χ1v) is 11.0. The number of carbonyl (C=O) groups is 1. The van der Waals surface area contributed by atoms with Crippen molar-refractivity contribution in [2.45, 2.75) is 39.2 Å². The normalized spacial score (nSPS) is 19.8. The standard InChI is InChI=1S/C25H22Cl2N2O3/c1-25(2)10-19(30)23-21(11-25)32-24(29)17(12-28)22(23)16-5-3-4-6-20(16)31-13-14-7-8-15(26)9-18(14)27/h3-9,22H,10-11,13,29H2,1-2H3/t22-/m0/s1. The molecule has 0 saturated heterocycles. The maximum absolute atomic E-state index is 13.2. The van der Waals surface area contributed by atoms with E-state index < -0.39 is 5.92 Å². The summed E-state index contributed by atoms with van der Waals surface area (Å²) in [6, 6.07) is 14.7. The van der Waals surface area contributed by atoms with E-state index in [0.717, 1.165) is 5.56 Å². The lowest BCUT2D eigenvalue weighted by molar-refractivity contribution is -0.119. The molecule has 1 atom stereocenters. The molecule has 4 rings (SSSR count). The van der Waals surface area contributed by atoms with E-state index in [1.807, 2.05) is 32.0 Å². The number of ketones is 1. The summed E-state index contributed by atoms with van der Waals surface area (Å²) in [5, 5.41) is 10.9. The number of nitrogens with two attached hydrogens (primary N) is 1. The predicted molar refractivity (Wildman–Crippen MR) is 123 cm³/mol. The summed E-state index contributed by atoms with van der Waals surface area (Å²) < 4.78 is 11.9. The molecular weight excluding hydrogens is 447 g/mol. The van der Waals surface area contributed by atoms with Crippen LogP contribution in [-0.2, 0) is 16.1 Å². The number of carbonyl (C=O) groups excluding carboxylic acids is 1. The van der Waals surface area contributed by atoms with E-state index in [1.54, 1.807) is 24.3 Å². The molecule has 5 nitrogen and oxygen atoms in total. The Hall–Kier alpha value is -2.94. The molecule has 0 aromatic heterocycles. The van der Waals surface area contributed by atoms with Gasteiger partial charge in [0.25, 0.3) is 0 Å². The maximum atomic E-state index is 13.2. The minimum absolute atomic E-state index is 0.0253. The topological polar surface area (TPSA) is 85.3 Å². The Kier molecular flexibility index (Phi) is 5.94. The van der Waals surface area contributed by atoms with Gasteiger partial charge in [-0.05, 0) is 23.6 Å². The number of hydrogen-bond donors (Lipinski definition) is 1. The zero-order valence-electron chi connectivity index (χ0n) is 17.7. The van der Waals surface area contributed by atoms with Crippen LogP contribution < -0.4 is 10.5 Å². The van der Waals surface area contributed by atoms with Gasteiger partial charge in [-0.15, -0.1) is 0 Å². The number of nitrogens with zero attached hydrogens (tertiary/aromatic N) is 1. The number of rotatable bonds is 4. The number of benzene rings is 2. The van der Waals surface area contributed by atoms with E-state index >= 15 is 0 Å². The van der Waals surface area contributed by atoms with Crippen molar-refractivity contribution >= 4 is 29.0 Å². The largest absolute Gasteiger partial charge is 0.489 e. The van der Waals surface area contributed by atoms with Crippen LogP contribution in [0.5, 0.6) is 5.75 Å². The van der Waals surface area contributed by atoms with Gasteiger partial charge in [0.1, 0.15) is 29.8 Å². The molecule has 2 N–H and O–H groups in total. The fourth-order valence-electron chi connectivity index (χ4n) is 4.24. The Morgan fingerprint density at radius 1 is 1.22 bits per heavy atom. The van der Waals surface area contributed by atoms with Crippen LogP contribution in [0, 0.1) is 16.7 Å². The van der Waals surface area contributed by atoms with Crippen LogP contribution >= 0.6 is 23.2 Å². The molecule has 164 valence electrons. The molecule has 0 amide bonds. The Balaban J connectivity index is 1.76. The lowest BCUT2D eigenvalue weighted by atomic mass is 9.70. The van der Waals surface area contributed by atoms with Crippen molar-refractivity contribution in [1.29, 1.82) is 5.26 Å². The molecule has 0 fully saturated rings. The highest BCUT2D eigenvalue weighted by Crippen LogP contribution is 2.49. The second-order valence-corrected chi connectivity index (χ2v) is 9.61. The zero-order valence-corrected chi connectivity index (χ0v) is 19.3. The first-order valence-electron chi connectivity index (χ1n) is 10.2. The van der Waals surface area contributed by atoms with Crippen LogP contribution in [0.3, 0.4) is 0 Å². The van der Waals surface area contributed by atoms with Gasteiger partial charge in [-0.2, -0.15) is 5.26 Å². The highest BCUT2D eigenvalue weighted by atomic mass is 35.5. The van der Waals surface area contributed by atoms with Crippen LogP contribution in [0.1, 0.15) is 43.7 Å². The van der Waals surface area contributed by atoms with Crippen molar-refractivity contribution in [3.8, 4) is 11.8 Å². The Bertz CT molecular complexity index is 1210. The van der Waals surface area contributed by atoms with E-state index in [2.05, 4.69) is 6.07 Å². The molecular formula is C25H22Cl2N2O3. The average Bonchev–Trinajstić information content (AvgIpc) is 2.71. The number of ether oxygens (including phenoxy) is 2. The van der Waals surface area contributed by atoms with Crippen molar-refractivity contribution in [2.75, 3.05) is 0 Å². The zero-order chi connectivity index (χ0) is 23.0. The maximum Gasteiger partial charge on any atom is 0.205 e. The van der Waals surface area contributed by atoms with Crippen molar-refractivity contribution in [2.24, 2.45) is 11.1 Å². The molecule has 7 heteroatoms. The van der Waals surface area contributed by atoms with Crippen LogP contribution in [0.15, 0.2) is 65.3 Å². The van der Waals surface area contributed by atoms with Gasteiger partial charge in [0, 0.05) is 39.6 Å². The van der Waals surface area contributed by atoms with E-state index in [1.165, 1.54) is 0 Å². The molecule has 0 unspecified atom stereocenters. The quantitative estimate of drug-likeness (QED) is 0.592. The Labute approximate surface area is 197 Å². The molecule has 2 aliphatic rings. The first-order chi connectivity index (χ1) is 15.2. The Morgan fingerprint density at radius 3 is 2.69 bits per heavy atom. The summed E-state index contributed by atoms with van der Waals surface area (Å²) in [7, 11) is 0. The Morgan fingerprint density at radius 2 is 1.97 bits per heavy atom. The number of nitriles is 1. The molecule has 2 aromatic carbocycles. The molecule has 1 aliphatic heterocycles. The fourth-order valence-corrected chi connectivity index (χ4v) is 4.70. The van der Waals surface area contributed by atoms with E-state index in [9.17, 15) is 10.1 Å². The van der Waals surface area contributed by atoms with Gasteiger partial charge in [-0.25, -0.2) is 0 Å². The highest BCUT2D eigenvalue weighted by Gasteiger charge is 2.43. The number of hydrogen-bond acceptors (Lipinski definition) is 5. The van der Waals surface area contributed by atoms with Gasteiger partial charge in [-0.3, -0.25) is 4.79 Å². The number of allylic oxidation sites excluding steroid dienone is 3. The number of para-hydroxylation sites is 1. The first kappa shape index (κ1) is 22.3. The van der Waals surface area contributed by atoms with Gasteiger partial charge < -0.3 is 15.2 Å². The summed E-state index contributed by atoms with van der Waals surface area (Å²) in [5.74, 6) is 0.400. The van der Waals surface area contributed by atoms with Crippen LogP contribution in [0.4, 0.5) is 0 Å². The lowest BCUT2D eigenvalue weighted by Gasteiger charge is -2.37. The molecule has 32 heavy (non-hydrogen) atoms. The molecule has 2 aromatic rings. The summed E-state index contributed by atoms with van der Waals surface area (Å²) in [6.45, 7) is 4.23. The molecule has 0 bridgehead atoms. The lowest BCUT2D eigenvalue weighted by Crippen LogP contribution is -2.33. The fraction of sp³-hybridized carbons (Fsp3) is 0.280. The number of Topliss-reactive ketones (excluding diaryl/α,β-unsaturated/α-hetero) is 1. The van der Waals surface area contributed by atoms with Crippen molar-refractivity contribution in [1.82, 2.24) is 0 Å². The van der Waals surface area contributed by atoms with Gasteiger partial charge in [0.15, 0.2) is 5.78 Å². The van der Waals surface area contributed by atoms with Crippen LogP contribution in [0.25, 0.3) is 0 Å². The molecule has 0 spiro atoms. The second kappa shape index (κ2) is 8.54. The van der Waals surface area contributed by atoms with Crippen molar-refractivity contribution < 1.29 is 14.3 Å². The van der Waals surface area contributed by atoms with Gasteiger partial charge in [0.2, 0.25) is 5.88 Å². The monoisotopic (exact) mass is 468 g/mol. The van der Waals surface area contributed by atoms with E-state index in [-0.39, 0.29) is 29.3 Å². The minimum Gasteiger partial charge on any atom is -0.489 e. The average molecular weight is 469 g/mol. The summed E-state index contributed by atoms with van der Waals surface area (Å²) >= 11 is 12.3. The smallest absolute Gasteiger partial charge is 0.205 e. The van der Waals surface area contributed by atoms with E-state index in [4.69, 9.17) is 38.4 Å². The van der Waals surface area contributed by atoms with E-state index in [0.29, 0.717) is 45.5 Å². The molecule has 1 aliphatic carbocycles. The summed E-state index contributed by atoms with van der Waals surface area (Å²) in [4.78, 5) is 13.2. The van der Waals surface area contributed by atoms with Gasteiger partial charge in [0.05, 0.1) is 5.92 Å². The summed E-state index contributed by atoms with van der Waals surface area (Å²) in [6.07, 6.45) is 0.932. The number of halogens is 2. The molecule has 0 radical (unpaired) electrons. The molecule has 1 heterocycles. The third-order valence-corrected chi connectivity index (χ3v) is 6.29. The van der Waals surface area contributed by atoms with Crippen LogP contribution in [0.2, 0.25) is 10.0 Å². The van der Waals surface area contributed by atoms with Crippen LogP contribution in [-0.4, -0.2) is 5.78 Å². The highest BCUT2D eigenvalue weighted by molar-refractivity contribution is 6.35. The van der Waals surface area contributed by atoms with Gasteiger partial charge in [-0.1, -0.05) is 61.3 Å². The minimum atomic E-state index is -0.649. The third kappa shape index (κ3) is 4.21.